The van der Waals surface area contributed by atoms with E-state index in [1.165, 1.54) is 31.4 Å². The molecule has 1 N–H and O–H groups in total. The zero-order chi connectivity index (χ0) is 18.4. The predicted octanol–water partition coefficient (Wildman–Crippen LogP) is 5.47. The quantitative estimate of drug-likeness (QED) is 0.714. The Hall–Kier alpha value is -2.17. The fourth-order valence-corrected chi connectivity index (χ4v) is 3.56. The molecule has 0 radical (unpaired) electrons. The van der Waals surface area contributed by atoms with Crippen LogP contribution >= 0.6 is 0 Å². The van der Waals surface area contributed by atoms with Crippen molar-refractivity contribution in [2.24, 2.45) is 0 Å². The van der Waals surface area contributed by atoms with Crippen molar-refractivity contribution in [3.05, 3.63) is 41.8 Å². The highest BCUT2D eigenvalue weighted by atomic mass is 19.1. The summed E-state index contributed by atoms with van der Waals surface area (Å²) in [7, 11) is 0. The highest BCUT2D eigenvalue weighted by Crippen LogP contribution is 2.27. The van der Waals surface area contributed by atoms with Crippen molar-refractivity contribution in [3.63, 3.8) is 0 Å². The smallest absolute Gasteiger partial charge is 0.229 e. The third-order valence-electron chi connectivity index (χ3n) is 5.05. The number of piperidine rings is 1. The lowest BCUT2D eigenvalue weighted by molar-refractivity contribution is 0.446. The molecule has 26 heavy (non-hydrogen) atoms. The summed E-state index contributed by atoms with van der Waals surface area (Å²) in [6.45, 7) is 5.50. The minimum absolute atomic E-state index is 0.243. The molecule has 1 aliphatic rings. The molecule has 0 amide bonds. The molecule has 1 aromatic heterocycles. The van der Waals surface area contributed by atoms with E-state index in [-0.39, 0.29) is 5.82 Å². The monoisotopic (exact) mass is 356 g/mol. The molecule has 1 atom stereocenters. The number of benzene rings is 1. The third kappa shape index (κ3) is 4.71. The van der Waals surface area contributed by atoms with Crippen molar-refractivity contribution >= 4 is 17.5 Å². The fourth-order valence-electron chi connectivity index (χ4n) is 3.56. The van der Waals surface area contributed by atoms with Gasteiger partial charge < -0.3 is 10.2 Å². The van der Waals surface area contributed by atoms with Gasteiger partial charge in [0, 0.05) is 30.0 Å². The van der Waals surface area contributed by atoms with Crippen molar-refractivity contribution in [1.82, 2.24) is 9.97 Å². The van der Waals surface area contributed by atoms with Crippen LogP contribution < -0.4 is 10.2 Å². The molecule has 4 nitrogen and oxygen atoms in total. The van der Waals surface area contributed by atoms with Crippen LogP contribution in [0.3, 0.4) is 0 Å². The third-order valence-corrected chi connectivity index (χ3v) is 5.05. The van der Waals surface area contributed by atoms with E-state index in [0.717, 1.165) is 49.4 Å². The van der Waals surface area contributed by atoms with Crippen molar-refractivity contribution in [3.8, 4) is 0 Å². The van der Waals surface area contributed by atoms with Crippen LogP contribution in [0.25, 0.3) is 0 Å². The van der Waals surface area contributed by atoms with E-state index >= 15 is 0 Å². The summed E-state index contributed by atoms with van der Waals surface area (Å²) in [5, 5.41) is 3.24. The number of aromatic nitrogens is 2. The van der Waals surface area contributed by atoms with Gasteiger partial charge in [0.05, 0.1) is 0 Å². The average Bonchev–Trinajstić information content (AvgIpc) is 2.68. The van der Waals surface area contributed by atoms with Crippen LogP contribution in [0.2, 0.25) is 0 Å². The van der Waals surface area contributed by atoms with E-state index < -0.39 is 0 Å². The number of nitrogens with one attached hydrogen (secondary N) is 1. The molecule has 0 saturated carbocycles. The van der Waals surface area contributed by atoms with Crippen molar-refractivity contribution in [2.45, 2.75) is 64.8 Å². The number of anilines is 3. The molecule has 1 unspecified atom stereocenters. The Kier molecular flexibility index (Phi) is 6.42. The molecule has 2 aromatic rings. The summed E-state index contributed by atoms with van der Waals surface area (Å²) in [4.78, 5) is 11.9. The molecule has 1 saturated heterocycles. The second-order valence-corrected chi connectivity index (χ2v) is 7.03. The number of halogens is 1. The van der Waals surface area contributed by atoms with E-state index in [9.17, 15) is 4.39 Å². The molecule has 1 aliphatic heterocycles. The number of hydrogen-bond donors (Lipinski definition) is 1. The van der Waals surface area contributed by atoms with Crippen LogP contribution in [0.4, 0.5) is 21.8 Å². The standard InChI is InChI=1S/C21H29FN4/c1-3-5-8-18-15-20(26-14-7-6-9-19(26)4-2)25-21(24-18)23-17-12-10-16(22)11-13-17/h10-13,15,19H,3-9,14H2,1-2H3,(H,23,24,25). The number of nitrogens with zero attached hydrogens (tertiary/aromatic N) is 3. The second-order valence-electron chi connectivity index (χ2n) is 7.03. The van der Waals surface area contributed by atoms with Crippen LogP contribution in [0.15, 0.2) is 30.3 Å². The van der Waals surface area contributed by atoms with Crippen LogP contribution in [0.1, 0.15) is 58.1 Å². The molecular formula is C21H29FN4. The highest BCUT2D eigenvalue weighted by molar-refractivity contribution is 5.56. The Balaban J connectivity index is 1.88. The van der Waals surface area contributed by atoms with Crippen LogP contribution in [0, 0.1) is 5.82 Å². The van der Waals surface area contributed by atoms with Gasteiger partial charge in [-0.3, -0.25) is 0 Å². The molecule has 2 heterocycles. The zero-order valence-corrected chi connectivity index (χ0v) is 15.8. The molecule has 1 aromatic carbocycles. The molecular weight excluding hydrogens is 327 g/mol. The van der Waals surface area contributed by atoms with Crippen LogP contribution in [-0.4, -0.2) is 22.6 Å². The maximum Gasteiger partial charge on any atom is 0.229 e. The Morgan fingerprint density at radius 3 is 2.69 bits per heavy atom. The molecule has 0 bridgehead atoms. The summed E-state index contributed by atoms with van der Waals surface area (Å²) >= 11 is 0. The van der Waals surface area contributed by atoms with Gasteiger partial charge >= 0.3 is 0 Å². The number of rotatable bonds is 7. The van der Waals surface area contributed by atoms with Crippen molar-refractivity contribution in [2.75, 3.05) is 16.8 Å². The number of hydrogen-bond acceptors (Lipinski definition) is 4. The van der Waals surface area contributed by atoms with Crippen LogP contribution in [0.5, 0.6) is 0 Å². The first-order valence-corrected chi connectivity index (χ1v) is 9.86. The molecule has 0 aliphatic carbocycles. The molecule has 0 spiro atoms. The molecule has 3 rings (SSSR count). The summed E-state index contributed by atoms with van der Waals surface area (Å²) in [6, 6.07) is 9.03. The maximum atomic E-state index is 13.2. The summed E-state index contributed by atoms with van der Waals surface area (Å²) in [6.07, 6.45) is 8.08. The molecule has 5 heteroatoms. The Morgan fingerprint density at radius 1 is 1.15 bits per heavy atom. The van der Waals surface area contributed by atoms with Gasteiger partial charge in [0.25, 0.3) is 0 Å². The molecule has 1 fully saturated rings. The first kappa shape index (κ1) is 18.6. The topological polar surface area (TPSA) is 41.1 Å². The second kappa shape index (κ2) is 8.97. The number of aryl methyl sites for hydroxylation is 1. The van der Waals surface area contributed by atoms with E-state index in [2.05, 4.69) is 30.1 Å². The maximum absolute atomic E-state index is 13.2. The van der Waals surface area contributed by atoms with E-state index in [0.29, 0.717) is 12.0 Å². The lowest BCUT2D eigenvalue weighted by Gasteiger charge is -2.36. The van der Waals surface area contributed by atoms with Gasteiger partial charge in [0.2, 0.25) is 5.95 Å². The lowest BCUT2D eigenvalue weighted by Crippen LogP contribution is -2.39. The predicted molar refractivity (Wildman–Crippen MR) is 106 cm³/mol. The van der Waals surface area contributed by atoms with E-state index in [1.807, 2.05) is 0 Å². The largest absolute Gasteiger partial charge is 0.353 e. The first-order valence-electron chi connectivity index (χ1n) is 9.86. The summed E-state index contributed by atoms with van der Waals surface area (Å²) < 4.78 is 13.2. The zero-order valence-electron chi connectivity index (χ0n) is 15.8. The average molecular weight is 356 g/mol. The van der Waals surface area contributed by atoms with Crippen molar-refractivity contribution in [1.29, 1.82) is 0 Å². The van der Waals surface area contributed by atoms with Gasteiger partial charge in [-0.2, -0.15) is 4.98 Å². The summed E-state index contributed by atoms with van der Waals surface area (Å²) in [5.74, 6) is 1.37. The number of unbranched alkanes of at least 4 members (excludes halogenated alkanes) is 1. The van der Waals surface area contributed by atoms with Gasteiger partial charge in [-0.15, -0.1) is 0 Å². The minimum Gasteiger partial charge on any atom is -0.353 e. The minimum atomic E-state index is -0.243. The Labute approximate surface area is 155 Å². The lowest BCUT2D eigenvalue weighted by atomic mass is 10.00. The fraction of sp³-hybridized carbons (Fsp3) is 0.524. The summed E-state index contributed by atoms with van der Waals surface area (Å²) in [5.41, 5.74) is 1.87. The van der Waals surface area contributed by atoms with Gasteiger partial charge in [0.15, 0.2) is 0 Å². The van der Waals surface area contributed by atoms with E-state index in [4.69, 9.17) is 9.97 Å². The Bertz CT molecular complexity index is 702. The first-order chi connectivity index (χ1) is 12.7. The van der Waals surface area contributed by atoms with Gasteiger partial charge in [-0.1, -0.05) is 20.3 Å². The van der Waals surface area contributed by atoms with Crippen molar-refractivity contribution < 1.29 is 4.39 Å². The van der Waals surface area contributed by atoms with Gasteiger partial charge in [-0.05, 0) is 62.8 Å². The molecule has 140 valence electrons. The highest BCUT2D eigenvalue weighted by Gasteiger charge is 2.23. The van der Waals surface area contributed by atoms with E-state index in [1.54, 1.807) is 12.1 Å². The van der Waals surface area contributed by atoms with Gasteiger partial charge in [-0.25, -0.2) is 9.37 Å². The SMILES string of the molecule is CCCCc1cc(N2CCCCC2CC)nc(Nc2ccc(F)cc2)n1. The van der Waals surface area contributed by atoms with Crippen LogP contribution in [-0.2, 0) is 6.42 Å². The Morgan fingerprint density at radius 2 is 1.96 bits per heavy atom. The normalized spacial score (nSPS) is 17.3. The van der Waals surface area contributed by atoms with Gasteiger partial charge in [0.1, 0.15) is 11.6 Å².